The molecule has 0 radical (unpaired) electrons. The third kappa shape index (κ3) is 6.56. The molecule has 0 spiro atoms. The predicted molar refractivity (Wildman–Crippen MR) is 128 cm³/mol. The van der Waals surface area contributed by atoms with E-state index in [2.05, 4.69) is 39.4 Å². The Morgan fingerprint density at radius 1 is 0.968 bits per heavy atom. The van der Waals surface area contributed by atoms with Crippen LogP contribution in [-0.4, -0.2) is 68.1 Å². The van der Waals surface area contributed by atoms with Gasteiger partial charge in [0.25, 0.3) is 0 Å². The van der Waals surface area contributed by atoms with Crippen LogP contribution in [0, 0.1) is 5.82 Å². The smallest absolute Gasteiger partial charge is 0.224 e. The van der Waals surface area contributed by atoms with Gasteiger partial charge in [0.05, 0.1) is 6.04 Å². The molecule has 1 amide bonds. The number of rotatable bonds is 5. The van der Waals surface area contributed by atoms with Gasteiger partial charge in [0, 0.05) is 64.5 Å². The standard InChI is InChI=1S/C23H29FN4O.2ClH/c24-20-6-4-5-19(17-20)22-18-25-10-12-28(22)23(29)9-11-26-13-15-27(16-14-26)21-7-2-1-3-8-21;;/h1-8,17,22,25H,9-16,18H2;2*1H. The first-order valence-electron chi connectivity index (χ1n) is 10.5. The van der Waals surface area contributed by atoms with Gasteiger partial charge >= 0.3 is 0 Å². The van der Waals surface area contributed by atoms with Crippen LogP contribution in [0.15, 0.2) is 54.6 Å². The second kappa shape index (κ2) is 12.2. The van der Waals surface area contributed by atoms with E-state index in [1.807, 2.05) is 17.0 Å². The number of nitrogens with zero attached hydrogens (tertiary/aromatic N) is 3. The molecule has 0 aliphatic carbocycles. The number of anilines is 1. The second-order valence-corrected chi connectivity index (χ2v) is 7.78. The molecule has 2 aliphatic heterocycles. The van der Waals surface area contributed by atoms with Crippen molar-refractivity contribution in [1.82, 2.24) is 15.1 Å². The largest absolute Gasteiger partial charge is 0.369 e. The Morgan fingerprint density at radius 2 is 1.71 bits per heavy atom. The van der Waals surface area contributed by atoms with Gasteiger partial charge in [-0.1, -0.05) is 30.3 Å². The monoisotopic (exact) mass is 468 g/mol. The topological polar surface area (TPSA) is 38.8 Å². The number of benzene rings is 2. The number of piperazine rings is 2. The van der Waals surface area contributed by atoms with Crippen LogP contribution in [0.4, 0.5) is 10.1 Å². The fourth-order valence-electron chi connectivity index (χ4n) is 4.28. The maximum atomic E-state index is 13.7. The lowest BCUT2D eigenvalue weighted by atomic mass is 10.0. The number of nitrogens with one attached hydrogen (secondary N) is 1. The highest BCUT2D eigenvalue weighted by atomic mass is 35.5. The summed E-state index contributed by atoms with van der Waals surface area (Å²) in [5, 5.41) is 3.33. The van der Waals surface area contributed by atoms with Crippen molar-refractivity contribution in [3.63, 3.8) is 0 Å². The lowest BCUT2D eigenvalue weighted by Gasteiger charge is -2.38. The second-order valence-electron chi connectivity index (χ2n) is 7.78. The minimum Gasteiger partial charge on any atom is -0.369 e. The summed E-state index contributed by atoms with van der Waals surface area (Å²) in [7, 11) is 0. The van der Waals surface area contributed by atoms with Crippen molar-refractivity contribution in [2.45, 2.75) is 12.5 Å². The highest BCUT2D eigenvalue weighted by Crippen LogP contribution is 2.24. The molecule has 2 saturated heterocycles. The van der Waals surface area contributed by atoms with Crippen LogP contribution in [0.5, 0.6) is 0 Å². The SMILES string of the molecule is Cl.Cl.O=C(CCN1CCN(c2ccccc2)CC1)N1CCNCC1c1cccc(F)c1. The summed E-state index contributed by atoms with van der Waals surface area (Å²) < 4.78 is 13.7. The summed E-state index contributed by atoms with van der Waals surface area (Å²) in [5.74, 6) is -0.0944. The Kier molecular flexibility index (Phi) is 10.0. The van der Waals surface area contributed by atoms with Crippen LogP contribution in [0.2, 0.25) is 0 Å². The zero-order valence-electron chi connectivity index (χ0n) is 17.6. The minimum atomic E-state index is -0.253. The molecule has 2 heterocycles. The summed E-state index contributed by atoms with van der Waals surface area (Å²) in [5.41, 5.74) is 2.13. The Bertz CT molecular complexity index is 818. The molecule has 8 heteroatoms. The molecule has 2 aromatic carbocycles. The summed E-state index contributed by atoms with van der Waals surface area (Å²) in [6.45, 7) is 6.81. The fourth-order valence-corrected chi connectivity index (χ4v) is 4.28. The summed E-state index contributed by atoms with van der Waals surface area (Å²) in [4.78, 5) is 19.7. The maximum Gasteiger partial charge on any atom is 0.224 e. The van der Waals surface area contributed by atoms with Crippen LogP contribution in [0.3, 0.4) is 0 Å². The molecule has 2 aliphatic rings. The molecular formula is C23H31Cl2FN4O. The zero-order chi connectivity index (χ0) is 20.1. The first-order chi connectivity index (χ1) is 14.2. The number of para-hydroxylation sites is 1. The van der Waals surface area contributed by atoms with Gasteiger partial charge in [-0.25, -0.2) is 4.39 Å². The van der Waals surface area contributed by atoms with Gasteiger partial charge < -0.3 is 15.1 Å². The molecule has 0 bridgehead atoms. The van der Waals surface area contributed by atoms with Crippen molar-refractivity contribution in [2.24, 2.45) is 0 Å². The van der Waals surface area contributed by atoms with Crippen LogP contribution in [-0.2, 0) is 4.79 Å². The highest BCUT2D eigenvalue weighted by Gasteiger charge is 2.28. The summed E-state index contributed by atoms with van der Waals surface area (Å²) in [6, 6.07) is 17.0. The number of hydrogen-bond acceptors (Lipinski definition) is 4. The van der Waals surface area contributed by atoms with Gasteiger partial charge in [0.15, 0.2) is 0 Å². The molecule has 4 rings (SSSR count). The van der Waals surface area contributed by atoms with E-state index in [0.717, 1.165) is 44.8 Å². The number of amides is 1. The van der Waals surface area contributed by atoms with Crippen molar-refractivity contribution in [3.05, 3.63) is 66.0 Å². The number of carbonyl (C=O) groups is 1. The Balaban J connectivity index is 0.00000171. The first kappa shape index (κ1) is 25.4. The van der Waals surface area contributed by atoms with Gasteiger partial charge in [0.2, 0.25) is 5.91 Å². The number of halogens is 3. The van der Waals surface area contributed by atoms with Gasteiger partial charge in [-0.15, -0.1) is 24.8 Å². The molecule has 31 heavy (non-hydrogen) atoms. The van der Waals surface area contributed by atoms with Crippen LogP contribution in [0.25, 0.3) is 0 Å². The van der Waals surface area contributed by atoms with Gasteiger partial charge in [-0.2, -0.15) is 0 Å². The van der Waals surface area contributed by atoms with Crippen molar-refractivity contribution in [2.75, 3.05) is 57.3 Å². The lowest BCUT2D eigenvalue weighted by Crippen LogP contribution is -2.50. The first-order valence-corrected chi connectivity index (χ1v) is 10.5. The fraction of sp³-hybridized carbons (Fsp3) is 0.435. The van der Waals surface area contributed by atoms with E-state index in [4.69, 9.17) is 0 Å². The summed E-state index contributed by atoms with van der Waals surface area (Å²) >= 11 is 0. The molecule has 1 unspecified atom stereocenters. The van der Waals surface area contributed by atoms with Crippen molar-refractivity contribution in [1.29, 1.82) is 0 Å². The van der Waals surface area contributed by atoms with Crippen LogP contribution in [0.1, 0.15) is 18.0 Å². The predicted octanol–water partition coefficient (Wildman–Crippen LogP) is 3.35. The van der Waals surface area contributed by atoms with E-state index in [-0.39, 0.29) is 42.6 Å². The maximum absolute atomic E-state index is 13.7. The molecule has 0 saturated carbocycles. The molecule has 2 fully saturated rings. The van der Waals surface area contributed by atoms with Crippen LogP contribution < -0.4 is 10.2 Å². The average Bonchev–Trinajstić information content (AvgIpc) is 2.78. The number of carbonyl (C=O) groups excluding carboxylic acids is 1. The molecule has 5 nitrogen and oxygen atoms in total. The minimum absolute atomic E-state index is 0. The third-order valence-corrected chi connectivity index (χ3v) is 5.93. The summed E-state index contributed by atoms with van der Waals surface area (Å²) in [6.07, 6.45) is 0.511. The third-order valence-electron chi connectivity index (χ3n) is 5.93. The van der Waals surface area contributed by atoms with Crippen molar-refractivity contribution < 1.29 is 9.18 Å². The Hall–Kier alpha value is -1.86. The molecule has 2 aromatic rings. The van der Waals surface area contributed by atoms with Gasteiger partial charge in [0.1, 0.15) is 5.82 Å². The quantitative estimate of drug-likeness (QED) is 0.729. The Labute approximate surface area is 196 Å². The normalized spacial score (nSPS) is 19.3. The number of hydrogen-bond donors (Lipinski definition) is 1. The van der Waals surface area contributed by atoms with E-state index < -0.39 is 0 Å². The highest BCUT2D eigenvalue weighted by molar-refractivity contribution is 5.85. The Morgan fingerprint density at radius 3 is 2.42 bits per heavy atom. The molecule has 0 aromatic heterocycles. The van der Waals surface area contributed by atoms with E-state index in [0.29, 0.717) is 19.5 Å². The molecule has 1 N–H and O–H groups in total. The molecule has 1 atom stereocenters. The lowest BCUT2D eigenvalue weighted by molar-refractivity contribution is -0.135. The van der Waals surface area contributed by atoms with E-state index >= 15 is 0 Å². The van der Waals surface area contributed by atoms with E-state index in [1.54, 1.807) is 12.1 Å². The zero-order valence-corrected chi connectivity index (χ0v) is 19.2. The van der Waals surface area contributed by atoms with Gasteiger partial charge in [-0.05, 0) is 29.8 Å². The average molecular weight is 469 g/mol. The molecular weight excluding hydrogens is 438 g/mol. The van der Waals surface area contributed by atoms with E-state index in [9.17, 15) is 9.18 Å². The van der Waals surface area contributed by atoms with Crippen molar-refractivity contribution in [3.8, 4) is 0 Å². The van der Waals surface area contributed by atoms with Crippen LogP contribution >= 0.6 is 24.8 Å². The van der Waals surface area contributed by atoms with E-state index in [1.165, 1.54) is 11.8 Å². The van der Waals surface area contributed by atoms with Crippen molar-refractivity contribution >= 4 is 36.4 Å². The molecule has 170 valence electrons. The van der Waals surface area contributed by atoms with Gasteiger partial charge in [-0.3, -0.25) is 9.69 Å².